The van der Waals surface area contributed by atoms with Gasteiger partial charge in [-0.3, -0.25) is 0 Å². The summed E-state index contributed by atoms with van der Waals surface area (Å²) in [6, 6.07) is 0. The normalized spacial score (nSPS) is 42.7. The van der Waals surface area contributed by atoms with Crippen LogP contribution in [0, 0.1) is 12.3 Å². The predicted molar refractivity (Wildman–Crippen MR) is 32.7 cm³/mol. The predicted octanol–water partition coefficient (Wildman–Crippen LogP) is 0.974. The molecule has 0 aromatic rings. The molecule has 0 aromatic heterocycles. The minimum atomic E-state index is 0.110. The number of hydrogen-bond donors (Lipinski definition) is 0. The third-order valence-corrected chi connectivity index (χ3v) is 1.95. The highest BCUT2D eigenvalue weighted by Crippen LogP contribution is 2.28. The molecule has 2 aliphatic heterocycles. The fraction of sp³-hybridized carbons (Fsp3) is 0.857. The van der Waals surface area contributed by atoms with Gasteiger partial charge in [0.05, 0.1) is 13.2 Å². The summed E-state index contributed by atoms with van der Waals surface area (Å²) in [5.41, 5.74) is 0. The third kappa shape index (κ3) is 0.970. The van der Waals surface area contributed by atoms with Crippen molar-refractivity contribution in [1.29, 1.82) is 0 Å². The number of hydrogen-bond acceptors (Lipinski definition) is 2. The number of ether oxygens (including phenoxy) is 2. The molecule has 0 bridgehead atoms. The van der Waals surface area contributed by atoms with Crippen molar-refractivity contribution in [2.24, 2.45) is 5.92 Å². The molecule has 9 heavy (non-hydrogen) atoms. The van der Waals surface area contributed by atoms with Crippen molar-refractivity contribution in [1.82, 2.24) is 0 Å². The van der Waals surface area contributed by atoms with Gasteiger partial charge in [-0.25, -0.2) is 0 Å². The molecule has 0 unspecified atom stereocenters. The maximum Gasteiger partial charge on any atom is 0.160 e. The van der Waals surface area contributed by atoms with E-state index in [2.05, 4.69) is 6.42 Å². The van der Waals surface area contributed by atoms with E-state index in [0.29, 0.717) is 5.92 Å². The molecule has 0 saturated carbocycles. The van der Waals surface area contributed by atoms with E-state index in [1.54, 1.807) is 0 Å². The van der Waals surface area contributed by atoms with Gasteiger partial charge in [-0.2, -0.15) is 0 Å². The van der Waals surface area contributed by atoms with Gasteiger partial charge in [-0.05, 0) is 19.3 Å². The lowest BCUT2D eigenvalue weighted by atomic mass is 10.00. The van der Waals surface area contributed by atoms with Crippen LogP contribution in [0.5, 0.6) is 0 Å². The van der Waals surface area contributed by atoms with Crippen LogP contribution >= 0.6 is 0 Å². The van der Waals surface area contributed by atoms with Crippen LogP contribution in [0.2, 0.25) is 0 Å². The first-order valence-electron chi connectivity index (χ1n) is 3.53. The van der Waals surface area contributed by atoms with E-state index >= 15 is 0 Å². The number of fused-ring (bicyclic) bond motifs is 1. The molecule has 1 radical (unpaired) electrons. The summed E-state index contributed by atoms with van der Waals surface area (Å²) in [5, 5.41) is 0. The van der Waals surface area contributed by atoms with Crippen molar-refractivity contribution >= 4 is 0 Å². The summed E-state index contributed by atoms with van der Waals surface area (Å²) >= 11 is 0. The molecule has 2 aliphatic rings. The molecule has 0 aromatic carbocycles. The van der Waals surface area contributed by atoms with Gasteiger partial charge in [0.2, 0.25) is 0 Å². The molecule has 2 heteroatoms. The zero-order valence-electron chi connectivity index (χ0n) is 5.38. The van der Waals surface area contributed by atoms with Gasteiger partial charge in [-0.15, -0.1) is 0 Å². The summed E-state index contributed by atoms with van der Waals surface area (Å²) in [6.45, 7) is 1.73. The fourth-order valence-electron chi connectivity index (χ4n) is 1.45. The Hall–Kier alpha value is -0.0800. The van der Waals surface area contributed by atoms with Crippen LogP contribution in [-0.4, -0.2) is 19.5 Å². The van der Waals surface area contributed by atoms with Gasteiger partial charge in [0.1, 0.15) is 0 Å². The summed E-state index contributed by atoms with van der Waals surface area (Å²) in [7, 11) is 0. The monoisotopic (exact) mass is 127 g/mol. The van der Waals surface area contributed by atoms with Gasteiger partial charge >= 0.3 is 0 Å². The van der Waals surface area contributed by atoms with Crippen LogP contribution in [0.15, 0.2) is 0 Å². The molecule has 2 heterocycles. The van der Waals surface area contributed by atoms with Gasteiger partial charge in [0, 0.05) is 5.92 Å². The molecule has 2 nitrogen and oxygen atoms in total. The van der Waals surface area contributed by atoms with E-state index in [0.717, 1.165) is 26.1 Å². The van der Waals surface area contributed by atoms with Crippen molar-refractivity contribution in [3.63, 3.8) is 0 Å². The van der Waals surface area contributed by atoms with Crippen LogP contribution in [0.3, 0.4) is 0 Å². The van der Waals surface area contributed by atoms with Gasteiger partial charge in [-0.1, -0.05) is 0 Å². The second-order valence-electron chi connectivity index (χ2n) is 2.59. The average molecular weight is 127 g/mol. The molecule has 2 rings (SSSR count). The lowest BCUT2D eigenvalue weighted by Crippen LogP contribution is -2.25. The summed E-state index contributed by atoms with van der Waals surface area (Å²) in [6.07, 6.45) is 4.69. The summed E-state index contributed by atoms with van der Waals surface area (Å²) in [5.74, 6) is 0.596. The molecule has 0 amide bonds. The maximum atomic E-state index is 5.35. The molecule has 0 N–H and O–H groups in total. The summed E-state index contributed by atoms with van der Waals surface area (Å²) < 4.78 is 10.7. The third-order valence-electron chi connectivity index (χ3n) is 1.95. The first-order chi connectivity index (χ1) is 4.47. The van der Waals surface area contributed by atoms with Gasteiger partial charge in [0.25, 0.3) is 0 Å². The standard InChI is InChI=1S/C7H11O2/c1-2-6-3-5-9-7(6)8-4-1/h2,6-7H,1,3-5H2/t6-,7+/m1/s1. The minimum Gasteiger partial charge on any atom is -0.352 e. The van der Waals surface area contributed by atoms with Crippen LogP contribution in [-0.2, 0) is 9.47 Å². The highest BCUT2D eigenvalue weighted by Gasteiger charge is 2.31. The van der Waals surface area contributed by atoms with Gasteiger partial charge < -0.3 is 9.47 Å². The minimum absolute atomic E-state index is 0.110. The Morgan fingerprint density at radius 1 is 1.22 bits per heavy atom. The van der Waals surface area contributed by atoms with Crippen LogP contribution in [0.1, 0.15) is 12.8 Å². The molecule has 0 spiro atoms. The Labute approximate surface area is 55.1 Å². The SMILES string of the molecule is [CH]1CCO[C@H]2OCC[C@@H]12. The van der Waals surface area contributed by atoms with Crippen molar-refractivity contribution in [3.05, 3.63) is 6.42 Å². The number of rotatable bonds is 0. The lowest BCUT2D eigenvalue weighted by molar-refractivity contribution is -0.138. The Balaban J connectivity index is 1.97. The Bertz CT molecular complexity index is 91.1. The van der Waals surface area contributed by atoms with E-state index in [9.17, 15) is 0 Å². The molecule has 2 saturated heterocycles. The quantitative estimate of drug-likeness (QED) is 0.482. The Kier molecular flexibility index (Phi) is 1.44. The van der Waals surface area contributed by atoms with Crippen molar-refractivity contribution in [3.8, 4) is 0 Å². The van der Waals surface area contributed by atoms with E-state index < -0.39 is 0 Å². The molecule has 2 atom stereocenters. The molecule has 2 fully saturated rings. The fourth-order valence-corrected chi connectivity index (χ4v) is 1.45. The van der Waals surface area contributed by atoms with E-state index in [1.165, 1.54) is 0 Å². The molecule has 0 aliphatic carbocycles. The van der Waals surface area contributed by atoms with Crippen LogP contribution < -0.4 is 0 Å². The van der Waals surface area contributed by atoms with Crippen molar-refractivity contribution < 1.29 is 9.47 Å². The maximum absolute atomic E-state index is 5.35. The van der Waals surface area contributed by atoms with E-state index in [4.69, 9.17) is 9.47 Å². The van der Waals surface area contributed by atoms with E-state index in [1.807, 2.05) is 0 Å². The Morgan fingerprint density at radius 3 is 3.00 bits per heavy atom. The van der Waals surface area contributed by atoms with Crippen molar-refractivity contribution in [2.75, 3.05) is 13.2 Å². The first kappa shape index (κ1) is 5.69. The van der Waals surface area contributed by atoms with Crippen LogP contribution in [0.25, 0.3) is 0 Å². The summed E-state index contributed by atoms with van der Waals surface area (Å²) in [4.78, 5) is 0. The smallest absolute Gasteiger partial charge is 0.160 e. The zero-order chi connectivity index (χ0) is 6.10. The lowest BCUT2D eigenvalue weighted by Gasteiger charge is -2.23. The van der Waals surface area contributed by atoms with Gasteiger partial charge in [0.15, 0.2) is 6.29 Å². The Morgan fingerprint density at radius 2 is 2.11 bits per heavy atom. The second kappa shape index (κ2) is 2.27. The topological polar surface area (TPSA) is 18.5 Å². The highest BCUT2D eigenvalue weighted by molar-refractivity contribution is 4.85. The largest absolute Gasteiger partial charge is 0.352 e. The zero-order valence-corrected chi connectivity index (χ0v) is 5.38. The van der Waals surface area contributed by atoms with Crippen LogP contribution in [0.4, 0.5) is 0 Å². The first-order valence-corrected chi connectivity index (χ1v) is 3.53. The molecule has 51 valence electrons. The van der Waals surface area contributed by atoms with E-state index in [-0.39, 0.29) is 6.29 Å². The highest BCUT2D eigenvalue weighted by atomic mass is 16.7. The second-order valence-corrected chi connectivity index (χ2v) is 2.59. The molecular weight excluding hydrogens is 116 g/mol. The van der Waals surface area contributed by atoms with Crippen molar-refractivity contribution in [2.45, 2.75) is 19.1 Å². The molecular formula is C7H11O2. The average Bonchev–Trinajstić information content (AvgIpc) is 2.33.